The summed E-state index contributed by atoms with van der Waals surface area (Å²) in [5.41, 5.74) is 0.518. The first-order valence-corrected chi connectivity index (χ1v) is 6.36. The molecule has 4 heteroatoms. The summed E-state index contributed by atoms with van der Waals surface area (Å²) in [5.74, 6) is 0.177. The molecule has 1 rings (SSSR count). The maximum Gasteiger partial charge on any atom is 0.124 e. The highest BCUT2D eigenvalue weighted by molar-refractivity contribution is 5.35. The highest BCUT2D eigenvalue weighted by atomic mass is 19.1. The Hall–Kier alpha value is -1.13. The summed E-state index contributed by atoms with van der Waals surface area (Å²) in [6, 6.07) is 4.22. The van der Waals surface area contributed by atoms with E-state index in [1.165, 1.54) is 19.2 Å². The van der Waals surface area contributed by atoms with Crippen molar-refractivity contribution in [2.75, 3.05) is 26.7 Å². The number of benzene rings is 1. The summed E-state index contributed by atoms with van der Waals surface area (Å²) in [6.45, 7) is 6.85. The molecule has 0 heterocycles. The van der Waals surface area contributed by atoms with Gasteiger partial charge in [0.05, 0.1) is 13.2 Å². The number of hydrogen-bond donors (Lipinski definition) is 1. The smallest absolute Gasteiger partial charge is 0.124 e. The Labute approximate surface area is 108 Å². The Bertz CT molecular complexity index is 367. The van der Waals surface area contributed by atoms with Crippen molar-refractivity contribution in [2.24, 2.45) is 0 Å². The predicted molar refractivity (Wildman–Crippen MR) is 70.3 cm³/mol. The van der Waals surface area contributed by atoms with Gasteiger partial charge in [0.1, 0.15) is 11.6 Å². The van der Waals surface area contributed by atoms with Gasteiger partial charge in [-0.2, -0.15) is 0 Å². The highest BCUT2D eigenvalue weighted by Gasteiger charge is 2.15. The Morgan fingerprint density at radius 2 is 2.00 bits per heavy atom. The molecule has 1 aromatic rings. The van der Waals surface area contributed by atoms with Crippen LogP contribution in [0.2, 0.25) is 0 Å². The van der Waals surface area contributed by atoms with Crippen molar-refractivity contribution in [3.8, 4) is 5.75 Å². The van der Waals surface area contributed by atoms with E-state index in [2.05, 4.69) is 18.7 Å². The number of aliphatic hydroxyl groups is 1. The Morgan fingerprint density at radius 1 is 1.33 bits per heavy atom. The molecular weight excluding hydrogens is 233 g/mol. The fraction of sp³-hybridized carbons (Fsp3) is 0.571. The third kappa shape index (κ3) is 3.96. The predicted octanol–water partition coefficient (Wildman–Crippen LogP) is 2.60. The summed E-state index contributed by atoms with van der Waals surface area (Å²) in [4.78, 5) is 2.22. The largest absolute Gasteiger partial charge is 0.496 e. The average molecular weight is 255 g/mol. The molecule has 0 aromatic heterocycles. The first kappa shape index (κ1) is 14.9. The van der Waals surface area contributed by atoms with Gasteiger partial charge in [-0.25, -0.2) is 4.39 Å². The third-order valence-electron chi connectivity index (χ3n) is 3.16. The molecule has 0 saturated carbocycles. The van der Waals surface area contributed by atoms with Crippen molar-refractivity contribution in [1.29, 1.82) is 0 Å². The lowest BCUT2D eigenvalue weighted by Crippen LogP contribution is -2.25. The number of aliphatic hydroxyl groups excluding tert-OH is 1. The molecule has 0 fully saturated rings. The van der Waals surface area contributed by atoms with Crippen LogP contribution in [0.5, 0.6) is 5.75 Å². The first-order chi connectivity index (χ1) is 8.62. The second-order valence-corrected chi connectivity index (χ2v) is 4.22. The van der Waals surface area contributed by atoms with Gasteiger partial charge in [0, 0.05) is 12.1 Å². The van der Waals surface area contributed by atoms with Crippen LogP contribution in [0.1, 0.15) is 31.9 Å². The van der Waals surface area contributed by atoms with Crippen LogP contribution in [0.4, 0.5) is 4.39 Å². The summed E-state index contributed by atoms with van der Waals surface area (Å²) in [5, 5.41) is 10.1. The van der Waals surface area contributed by atoms with E-state index in [0.29, 0.717) is 17.7 Å². The van der Waals surface area contributed by atoms with Gasteiger partial charge in [0.15, 0.2) is 0 Å². The fourth-order valence-corrected chi connectivity index (χ4v) is 1.97. The van der Waals surface area contributed by atoms with E-state index in [1.807, 2.05) is 0 Å². The molecule has 0 aliphatic rings. The van der Waals surface area contributed by atoms with Crippen molar-refractivity contribution >= 4 is 0 Å². The summed E-state index contributed by atoms with van der Waals surface area (Å²) < 4.78 is 18.3. The molecule has 1 aromatic carbocycles. The number of hydrogen-bond acceptors (Lipinski definition) is 3. The molecule has 102 valence electrons. The van der Waals surface area contributed by atoms with E-state index in [9.17, 15) is 9.50 Å². The Kier molecular flexibility index (Phi) is 6.09. The van der Waals surface area contributed by atoms with Crippen molar-refractivity contribution in [3.63, 3.8) is 0 Å². The molecule has 1 unspecified atom stereocenters. The van der Waals surface area contributed by atoms with Crippen LogP contribution in [0.15, 0.2) is 18.2 Å². The number of rotatable bonds is 7. The van der Waals surface area contributed by atoms with E-state index in [0.717, 1.165) is 19.6 Å². The Morgan fingerprint density at radius 3 is 2.56 bits per heavy atom. The maximum absolute atomic E-state index is 13.2. The fourth-order valence-electron chi connectivity index (χ4n) is 1.97. The van der Waals surface area contributed by atoms with Crippen LogP contribution in [-0.4, -0.2) is 36.8 Å². The zero-order valence-electron chi connectivity index (χ0n) is 11.3. The summed E-state index contributed by atoms with van der Waals surface area (Å²) in [6.07, 6.45) is -0.127. The second kappa shape index (κ2) is 7.34. The molecular formula is C14H22FNO2. The topological polar surface area (TPSA) is 32.7 Å². The number of ether oxygens (including phenoxy) is 1. The lowest BCUT2D eigenvalue weighted by molar-refractivity contribution is 0.142. The van der Waals surface area contributed by atoms with Gasteiger partial charge in [-0.15, -0.1) is 0 Å². The molecule has 18 heavy (non-hydrogen) atoms. The van der Waals surface area contributed by atoms with E-state index < -0.39 is 6.10 Å². The van der Waals surface area contributed by atoms with Crippen molar-refractivity contribution in [3.05, 3.63) is 29.6 Å². The van der Waals surface area contributed by atoms with E-state index >= 15 is 0 Å². The van der Waals surface area contributed by atoms with Gasteiger partial charge in [-0.1, -0.05) is 13.8 Å². The van der Waals surface area contributed by atoms with Gasteiger partial charge >= 0.3 is 0 Å². The van der Waals surface area contributed by atoms with E-state index in [-0.39, 0.29) is 5.82 Å². The van der Waals surface area contributed by atoms with Gasteiger partial charge in [-0.3, -0.25) is 0 Å². The van der Waals surface area contributed by atoms with Crippen LogP contribution in [0.3, 0.4) is 0 Å². The van der Waals surface area contributed by atoms with Crippen LogP contribution < -0.4 is 4.74 Å². The van der Waals surface area contributed by atoms with Crippen molar-refractivity contribution in [2.45, 2.75) is 26.4 Å². The second-order valence-electron chi connectivity index (χ2n) is 4.22. The zero-order valence-corrected chi connectivity index (χ0v) is 11.3. The summed E-state index contributed by atoms with van der Waals surface area (Å²) in [7, 11) is 1.52. The van der Waals surface area contributed by atoms with Crippen molar-refractivity contribution < 1.29 is 14.2 Å². The monoisotopic (exact) mass is 255 g/mol. The molecule has 0 aliphatic heterocycles. The van der Waals surface area contributed by atoms with E-state index in [1.54, 1.807) is 6.07 Å². The lowest BCUT2D eigenvalue weighted by Gasteiger charge is -2.21. The maximum atomic E-state index is 13.2. The van der Waals surface area contributed by atoms with Gasteiger partial charge in [-0.05, 0) is 37.7 Å². The number of nitrogens with zero attached hydrogens (tertiary/aromatic N) is 1. The zero-order chi connectivity index (χ0) is 13.5. The van der Waals surface area contributed by atoms with Gasteiger partial charge in [0.25, 0.3) is 0 Å². The number of methoxy groups -OCH3 is 1. The molecule has 0 radical (unpaired) electrons. The van der Waals surface area contributed by atoms with Gasteiger partial charge < -0.3 is 14.7 Å². The Balaban J connectivity index is 2.71. The molecule has 1 atom stereocenters. The molecule has 0 aliphatic carbocycles. The normalized spacial score (nSPS) is 12.8. The van der Waals surface area contributed by atoms with Crippen molar-refractivity contribution in [1.82, 2.24) is 4.90 Å². The average Bonchev–Trinajstić information content (AvgIpc) is 2.39. The number of halogens is 1. The SMILES string of the molecule is CCN(CC)CCC(O)c1cc(F)ccc1OC. The minimum absolute atomic E-state index is 0.354. The molecule has 0 spiro atoms. The van der Waals surface area contributed by atoms with Crippen LogP contribution in [0.25, 0.3) is 0 Å². The molecule has 3 nitrogen and oxygen atoms in total. The minimum atomic E-state index is -0.698. The summed E-state index contributed by atoms with van der Waals surface area (Å²) >= 11 is 0. The van der Waals surface area contributed by atoms with Gasteiger partial charge in [0.2, 0.25) is 0 Å². The minimum Gasteiger partial charge on any atom is -0.496 e. The quantitative estimate of drug-likeness (QED) is 0.813. The standard InChI is InChI=1S/C14H22FNO2/c1-4-16(5-2)9-8-13(17)12-10-11(15)6-7-14(12)18-3/h6-7,10,13,17H,4-5,8-9H2,1-3H3. The van der Waals surface area contributed by atoms with Crippen LogP contribution >= 0.6 is 0 Å². The third-order valence-corrected chi connectivity index (χ3v) is 3.16. The molecule has 0 bridgehead atoms. The highest BCUT2D eigenvalue weighted by Crippen LogP contribution is 2.28. The van der Waals surface area contributed by atoms with E-state index in [4.69, 9.17) is 4.74 Å². The molecule has 0 saturated heterocycles. The first-order valence-electron chi connectivity index (χ1n) is 6.36. The van der Waals surface area contributed by atoms with Crippen LogP contribution in [-0.2, 0) is 0 Å². The van der Waals surface area contributed by atoms with Crippen LogP contribution in [0, 0.1) is 5.82 Å². The lowest BCUT2D eigenvalue weighted by atomic mass is 10.0. The molecule has 0 amide bonds. The molecule has 1 N–H and O–H groups in total.